The first-order chi connectivity index (χ1) is 11.8. The number of fused-ring (bicyclic) bond motifs is 1. The summed E-state index contributed by atoms with van der Waals surface area (Å²) in [5, 5.41) is 6.49. The van der Waals surface area contributed by atoms with Crippen molar-refractivity contribution in [3.63, 3.8) is 0 Å². The van der Waals surface area contributed by atoms with E-state index in [1.54, 1.807) is 0 Å². The third-order valence-corrected chi connectivity index (χ3v) is 3.81. The Balaban J connectivity index is 2.24. The minimum Gasteiger partial charge on any atom is -0.463 e. The molecule has 1 aromatic heterocycles. The molecule has 0 amide bonds. The molecule has 1 aromatic carbocycles. The number of halogens is 4. The van der Waals surface area contributed by atoms with Crippen LogP contribution in [-0.4, -0.2) is 33.5 Å². The molecular weight excluding hydrogens is 361 g/mol. The first-order valence-corrected chi connectivity index (χ1v) is 7.61. The van der Waals surface area contributed by atoms with Crippen LogP contribution in [0.5, 0.6) is 0 Å². The maximum atomic E-state index is 13.5. The van der Waals surface area contributed by atoms with Crippen molar-refractivity contribution in [1.29, 1.82) is 0 Å². The van der Waals surface area contributed by atoms with E-state index < -0.39 is 29.5 Å². The van der Waals surface area contributed by atoms with Crippen LogP contribution in [-0.2, 0) is 9.53 Å². The molecule has 3 rings (SSSR count). The number of benzene rings is 1. The molecule has 0 fully saturated rings. The van der Waals surface area contributed by atoms with E-state index in [1.165, 1.54) is 35.9 Å². The highest BCUT2D eigenvalue weighted by Gasteiger charge is 2.46. The summed E-state index contributed by atoms with van der Waals surface area (Å²) in [6.07, 6.45) is -3.70. The van der Waals surface area contributed by atoms with Crippen LogP contribution < -0.4 is 5.32 Å². The Hall–Kier alpha value is -2.55. The van der Waals surface area contributed by atoms with Crippen molar-refractivity contribution in [1.82, 2.24) is 14.8 Å². The van der Waals surface area contributed by atoms with Gasteiger partial charge in [-0.15, -0.1) is 0 Å². The zero-order chi connectivity index (χ0) is 18.2. The predicted octanol–water partition coefficient (Wildman–Crippen LogP) is 3.33. The van der Waals surface area contributed by atoms with Gasteiger partial charge in [0.1, 0.15) is 18.1 Å². The van der Waals surface area contributed by atoms with Crippen molar-refractivity contribution in [3.8, 4) is 0 Å². The second kappa shape index (κ2) is 6.40. The number of allylic oxidation sites excluding steroid dienone is 1. The molecule has 0 saturated carbocycles. The zero-order valence-corrected chi connectivity index (χ0v) is 13.6. The topological polar surface area (TPSA) is 69.0 Å². The number of rotatable bonds is 3. The fourth-order valence-corrected chi connectivity index (χ4v) is 2.69. The van der Waals surface area contributed by atoms with Crippen molar-refractivity contribution < 1.29 is 22.7 Å². The second-order valence-corrected chi connectivity index (χ2v) is 5.55. The van der Waals surface area contributed by atoms with E-state index in [9.17, 15) is 18.0 Å². The molecule has 1 aliphatic rings. The molecule has 6 nitrogen and oxygen atoms in total. The van der Waals surface area contributed by atoms with Gasteiger partial charge in [-0.3, -0.25) is 0 Å². The molecule has 1 N–H and O–H groups in total. The van der Waals surface area contributed by atoms with Crippen molar-refractivity contribution in [2.45, 2.75) is 19.1 Å². The molecule has 2 heterocycles. The normalized spacial score (nSPS) is 17.1. The van der Waals surface area contributed by atoms with Crippen molar-refractivity contribution in [3.05, 3.63) is 52.4 Å². The summed E-state index contributed by atoms with van der Waals surface area (Å²) >= 11 is 5.85. The lowest BCUT2D eigenvalue weighted by molar-refractivity contribution is -0.140. The average Bonchev–Trinajstić information content (AvgIpc) is 3.01. The fourth-order valence-electron chi connectivity index (χ4n) is 2.57. The highest BCUT2D eigenvalue weighted by molar-refractivity contribution is 6.30. The van der Waals surface area contributed by atoms with Gasteiger partial charge in [0.05, 0.1) is 12.2 Å². The number of hydrogen-bond donors (Lipinski definition) is 1. The number of anilines is 1. The third kappa shape index (κ3) is 3.19. The number of nitrogens with zero attached hydrogens (tertiary/aromatic N) is 3. The van der Waals surface area contributed by atoms with Crippen LogP contribution >= 0.6 is 11.6 Å². The highest BCUT2D eigenvalue weighted by atomic mass is 35.5. The Morgan fingerprint density at radius 3 is 2.64 bits per heavy atom. The lowest BCUT2D eigenvalue weighted by Gasteiger charge is -2.30. The van der Waals surface area contributed by atoms with Crippen LogP contribution in [0.2, 0.25) is 5.02 Å². The molecular formula is C15H12ClF3N4O2. The smallest absolute Gasteiger partial charge is 0.431 e. The lowest BCUT2D eigenvalue weighted by atomic mass is 9.95. The average molecular weight is 373 g/mol. The Bertz CT molecular complexity index is 830. The minimum absolute atomic E-state index is 0.0645. The maximum absolute atomic E-state index is 13.5. The van der Waals surface area contributed by atoms with E-state index in [0.29, 0.717) is 10.6 Å². The predicted molar refractivity (Wildman–Crippen MR) is 82.9 cm³/mol. The Labute approximate surface area is 145 Å². The van der Waals surface area contributed by atoms with Gasteiger partial charge in [-0.25, -0.2) is 9.48 Å². The molecule has 132 valence electrons. The number of aromatic nitrogens is 3. The Kier molecular flexibility index (Phi) is 4.42. The highest BCUT2D eigenvalue weighted by Crippen LogP contribution is 2.41. The van der Waals surface area contributed by atoms with E-state index in [1.807, 2.05) is 0 Å². The van der Waals surface area contributed by atoms with Crippen LogP contribution in [0.4, 0.5) is 19.1 Å². The molecule has 10 heteroatoms. The van der Waals surface area contributed by atoms with Crippen molar-refractivity contribution in [2.24, 2.45) is 0 Å². The van der Waals surface area contributed by atoms with Gasteiger partial charge in [-0.2, -0.15) is 23.3 Å². The summed E-state index contributed by atoms with van der Waals surface area (Å²) < 4.78 is 46.7. The van der Waals surface area contributed by atoms with E-state index in [4.69, 9.17) is 16.3 Å². The van der Waals surface area contributed by atoms with E-state index in [2.05, 4.69) is 15.4 Å². The summed E-state index contributed by atoms with van der Waals surface area (Å²) in [4.78, 5) is 16.1. The standard InChI is InChI=1S/C15H12ClF3N4O2/c1-2-25-13(24)10-11(8-3-5-9(16)6-4-8)23-14(20-7-21-23)22-12(10)15(17,18)19/h3-7,11H,2H2,1H3,(H,20,21,22). The SMILES string of the molecule is CCOC(=O)C1=C(C(F)(F)F)Nc2ncnn2C1c1ccc(Cl)cc1. The van der Waals surface area contributed by atoms with Gasteiger partial charge in [0.2, 0.25) is 5.95 Å². The van der Waals surface area contributed by atoms with Gasteiger partial charge in [-0.05, 0) is 24.6 Å². The van der Waals surface area contributed by atoms with Gasteiger partial charge in [0, 0.05) is 5.02 Å². The molecule has 0 spiro atoms. The molecule has 1 unspecified atom stereocenters. The van der Waals surface area contributed by atoms with Gasteiger partial charge in [0.15, 0.2) is 0 Å². The largest absolute Gasteiger partial charge is 0.463 e. The number of ether oxygens (including phenoxy) is 1. The minimum atomic E-state index is -4.80. The number of hydrogen-bond acceptors (Lipinski definition) is 5. The van der Waals surface area contributed by atoms with Crippen LogP contribution in [0.3, 0.4) is 0 Å². The molecule has 0 aliphatic carbocycles. The summed E-state index contributed by atoms with van der Waals surface area (Å²) in [7, 11) is 0. The quantitative estimate of drug-likeness (QED) is 0.837. The second-order valence-electron chi connectivity index (χ2n) is 5.11. The molecule has 2 aromatic rings. The van der Waals surface area contributed by atoms with Gasteiger partial charge >= 0.3 is 12.1 Å². The summed E-state index contributed by atoms with van der Waals surface area (Å²) in [5.74, 6) is -1.20. The first kappa shape index (κ1) is 17.3. The molecule has 1 aliphatic heterocycles. The van der Waals surface area contributed by atoms with Gasteiger partial charge in [0.25, 0.3) is 0 Å². The number of carbonyl (C=O) groups excluding carboxylic acids is 1. The van der Waals surface area contributed by atoms with Crippen molar-refractivity contribution in [2.75, 3.05) is 11.9 Å². The summed E-state index contributed by atoms with van der Waals surface area (Å²) in [5.41, 5.74) is -1.41. The molecule has 0 saturated heterocycles. The van der Waals surface area contributed by atoms with Gasteiger partial charge in [-0.1, -0.05) is 23.7 Å². The Morgan fingerprint density at radius 2 is 2.04 bits per heavy atom. The molecule has 25 heavy (non-hydrogen) atoms. The van der Waals surface area contributed by atoms with Crippen LogP contribution in [0.25, 0.3) is 0 Å². The number of esters is 1. The zero-order valence-electron chi connectivity index (χ0n) is 12.8. The molecule has 0 bridgehead atoms. The number of nitrogens with one attached hydrogen (secondary N) is 1. The third-order valence-electron chi connectivity index (χ3n) is 3.56. The monoisotopic (exact) mass is 372 g/mol. The van der Waals surface area contributed by atoms with E-state index in [0.717, 1.165) is 6.33 Å². The number of carbonyl (C=O) groups is 1. The van der Waals surface area contributed by atoms with Gasteiger partial charge < -0.3 is 10.1 Å². The fraction of sp³-hybridized carbons (Fsp3) is 0.267. The number of alkyl halides is 3. The summed E-state index contributed by atoms with van der Waals surface area (Å²) in [6.45, 7) is 1.45. The van der Waals surface area contributed by atoms with Crippen molar-refractivity contribution >= 4 is 23.5 Å². The molecule has 1 atom stereocenters. The van der Waals surface area contributed by atoms with E-state index in [-0.39, 0.29) is 12.6 Å². The van der Waals surface area contributed by atoms with E-state index >= 15 is 0 Å². The maximum Gasteiger partial charge on any atom is 0.431 e. The Morgan fingerprint density at radius 1 is 1.36 bits per heavy atom. The van der Waals surface area contributed by atoms with Crippen LogP contribution in [0, 0.1) is 0 Å². The summed E-state index contributed by atoms with van der Waals surface area (Å²) in [6, 6.07) is 4.94. The lowest BCUT2D eigenvalue weighted by Crippen LogP contribution is -2.35. The molecule has 0 radical (unpaired) electrons. The van der Waals surface area contributed by atoms with Crippen LogP contribution in [0.15, 0.2) is 41.9 Å². The van der Waals surface area contributed by atoms with Crippen LogP contribution in [0.1, 0.15) is 18.5 Å². The first-order valence-electron chi connectivity index (χ1n) is 7.23.